The molecular weight excluding hydrogens is 366 g/mol. The number of para-hydroxylation sites is 1. The second-order valence-corrected chi connectivity index (χ2v) is 7.20. The molecule has 0 radical (unpaired) electrons. The number of carbonyl (C=O) groups excluding carboxylic acids is 1. The monoisotopic (exact) mass is 379 g/mol. The Labute approximate surface area is 149 Å². The number of rotatable bonds is 4. The van der Waals surface area contributed by atoms with E-state index in [4.69, 9.17) is 16.3 Å². The fourth-order valence-corrected chi connectivity index (χ4v) is 3.69. The number of hydrogen-bond donors (Lipinski definition) is 1. The molecule has 0 saturated heterocycles. The molecule has 0 aliphatic carbocycles. The molecule has 0 spiro atoms. The van der Waals surface area contributed by atoms with Crippen LogP contribution in [-0.4, -0.2) is 34.3 Å². The van der Waals surface area contributed by atoms with Gasteiger partial charge in [0.1, 0.15) is 23.5 Å². The molecule has 3 rings (SSSR count). The summed E-state index contributed by atoms with van der Waals surface area (Å²) in [6.45, 7) is -0.0975. The van der Waals surface area contributed by atoms with Crippen molar-refractivity contribution in [2.24, 2.45) is 4.40 Å². The summed E-state index contributed by atoms with van der Waals surface area (Å²) in [4.78, 5) is 13.8. The van der Waals surface area contributed by atoms with Crippen LogP contribution in [0.5, 0.6) is 5.75 Å². The van der Waals surface area contributed by atoms with Crippen LogP contribution in [0, 0.1) is 0 Å². The first-order chi connectivity index (χ1) is 11.9. The zero-order chi connectivity index (χ0) is 18.0. The van der Waals surface area contributed by atoms with Crippen molar-refractivity contribution in [3.8, 4) is 5.75 Å². The molecule has 25 heavy (non-hydrogen) atoms. The molecule has 0 atom stereocenters. The lowest BCUT2D eigenvalue weighted by atomic mass is 10.2. The number of amides is 1. The van der Waals surface area contributed by atoms with E-state index in [2.05, 4.69) is 9.71 Å². The standard InChI is InChI=1S/C16H14ClN3O4S/c1-24-14-7-6-11(8-12(14)17)19-16(21)9-20-10-18-25(22,23)15-5-3-2-4-13(15)20/h2-8,10H,9H2,1H3,(H,19,21). The van der Waals surface area contributed by atoms with Crippen molar-refractivity contribution < 1.29 is 17.9 Å². The number of halogens is 1. The zero-order valence-electron chi connectivity index (χ0n) is 13.1. The van der Waals surface area contributed by atoms with Crippen LogP contribution in [0.3, 0.4) is 0 Å². The maximum atomic E-state index is 12.3. The van der Waals surface area contributed by atoms with E-state index in [1.807, 2.05) is 0 Å². The highest BCUT2D eigenvalue weighted by atomic mass is 35.5. The Kier molecular flexibility index (Phi) is 4.65. The smallest absolute Gasteiger partial charge is 0.285 e. The highest BCUT2D eigenvalue weighted by Crippen LogP contribution is 2.29. The minimum absolute atomic E-state index is 0.0674. The average Bonchev–Trinajstić information content (AvgIpc) is 2.58. The van der Waals surface area contributed by atoms with E-state index in [0.717, 1.165) is 6.34 Å². The number of methoxy groups -OCH3 is 1. The predicted octanol–water partition coefficient (Wildman–Crippen LogP) is 2.52. The third-order valence-corrected chi connectivity index (χ3v) is 5.10. The van der Waals surface area contributed by atoms with Crippen LogP contribution < -0.4 is 15.0 Å². The minimum atomic E-state index is -3.72. The van der Waals surface area contributed by atoms with Crippen LogP contribution in [0.1, 0.15) is 0 Å². The maximum absolute atomic E-state index is 12.3. The van der Waals surface area contributed by atoms with Crippen molar-refractivity contribution in [2.45, 2.75) is 4.90 Å². The van der Waals surface area contributed by atoms with Gasteiger partial charge in [0.05, 0.1) is 17.8 Å². The number of sulfonamides is 1. The molecule has 1 amide bonds. The highest BCUT2D eigenvalue weighted by Gasteiger charge is 2.25. The molecule has 1 heterocycles. The first-order valence-corrected chi connectivity index (χ1v) is 9.02. The molecule has 1 N–H and O–H groups in total. The van der Waals surface area contributed by atoms with Gasteiger partial charge in [0.2, 0.25) is 5.91 Å². The summed E-state index contributed by atoms with van der Waals surface area (Å²) in [5.74, 6) is 0.156. The van der Waals surface area contributed by atoms with Crippen LogP contribution >= 0.6 is 11.6 Å². The quantitative estimate of drug-likeness (QED) is 0.881. The molecule has 9 heteroatoms. The van der Waals surface area contributed by atoms with Gasteiger partial charge in [-0.25, -0.2) is 0 Å². The van der Waals surface area contributed by atoms with Crippen LogP contribution in [0.15, 0.2) is 51.8 Å². The van der Waals surface area contributed by atoms with Crippen molar-refractivity contribution in [1.82, 2.24) is 0 Å². The topological polar surface area (TPSA) is 88.1 Å². The molecule has 0 saturated carbocycles. The molecule has 0 bridgehead atoms. The molecule has 7 nitrogen and oxygen atoms in total. The second-order valence-electron chi connectivity index (χ2n) is 5.19. The van der Waals surface area contributed by atoms with Crippen molar-refractivity contribution >= 4 is 45.2 Å². The molecule has 2 aromatic carbocycles. The molecule has 0 aromatic heterocycles. The molecule has 130 valence electrons. The van der Waals surface area contributed by atoms with Gasteiger partial charge in [0.15, 0.2) is 0 Å². The van der Waals surface area contributed by atoms with E-state index in [9.17, 15) is 13.2 Å². The van der Waals surface area contributed by atoms with E-state index < -0.39 is 10.0 Å². The summed E-state index contributed by atoms with van der Waals surface area (Å²) < 4.78 is 32.5. The summed E-state index contributed by atoms with van der Waals surface area (Å²) in [6.07, 6.45) is 1.14. The molecular formula is C16H14ClN3O4S. The SMILES string of the molecule is COc1ccc(NC(=O)CN2C=NS(=O)(=O)c3ccccc32)cc1Cl. The summed E-state index contributed by atoms with van der Waals surface area (Å²) in [7, 11) is -2.22. The Hall–Kier alpha value is -2.58. The van der Waals surface area contributed by atoms with Gasteiger partial charge in [-0.1, -0.05) is 23.7 Å². The Morgan fingerprint density at radius 3 is 2.76 bits per heavy atom. The Morgan fingerprint density at radius 1 is 1.28 bits per heavy atom. The lowest BCUT2D eigenvalue weighted by Crippen LogP contribution is -2.35. The molecule has 1 aliphatic heterocycles. The van der Waals surface area contributed by atoms with E-state index in [1.165, 1.54) is 18.1 Å². The third kappa shape index (κ3) is 3.59. The fourth-order valence-electron chi connectivity index (χ4n) is 2.38. The average molecular weight is 380 g/mol. The van der Waals surface area contributed by atoms with Crippen molar-refractivity contribution in [3.63, 3.8) is 0 Å². The van der Waals surface area contributed by atoms with Crippen molar-refractivity contribution in [2.75, 3.05) is 23.9 Å². The predicted molar refractivity (Wildman–Crippen MR) is 96.1 cm³/mol. The van der Waals surface area contributed by atoms with Crippen LogP contribution in [0.4, 0.5) is 11.4 Å². The number of carbonyl (C=O) groups is 1. The molecule has 2 aromatic rings. The lowest BCUT2D eigenvalue weighted by Gasteiger charge is -2.24. The number of nitrogens with zero attached hydrogens (tertiary/aromatic N) is 2. The largest absolute Gasteiger partial charge is 0.495 e. The number of anilines is 2. The van der Waals surface area contributed by atoms with Crippen LogP contribution in [-0.2, 0) is 14.8 Å². The number of fused-ring (bicyclic) bond motifs is 1. The molecule has 1 aliphatic rings. The van der Waals surface area contributed by atoms with Gasteiger partial charge < -0.3 is 15.0 Å². The first-order valence-electron chi connectivity index (χ1n) is 7.20. The highest BCUT2D eigenvalue weighted by molar-refractivity contribution is 7.90. The zero-order valence-corrected chi connectivity index (χ0v) is 14.7. The van der Waals surface area contributed by atoms with Gasteiger partial charge in [-0.15, -0.1) is 4.40 Å². The van der Waals surface area contributed by atoms with Gasteiger partial charge in [-0.3, -0.25) is 4.79 Å². The summed E-state index contributed by atoms with van der Waals surface area (Å²) in [5, 5.41) is 3.07. The van der Waals surface area contributed by atoms with Crippen molar-refractivity contribution in [1.29, 1.82) is 0 Å². The van der Waals surface area contributed by atoms with Crippen molar-refractivity contribution in [3.05, 3.63) is 47.5 Å². The normalized spacial score (nSPS) is 14.7. The number of nitrogens with one attached hydrogen (secondary N) is 1. The Bertz CT molecular complexity index is 960. The lowest BCUT2D eigenvalue weighted by molar-refractivity contribution is -0.114. The van der Waals surface area contributed by atoms with Gasteiger partial charge in [-0.05, 0) is 30.3 Å². The maximum Gasteiger partial charge on any atom is 0.285 e. The second kappa shape index (κ2) is 6.73. The number of hydrogen-bond acceptors (Lipinski definition) is 5. The van der Waals surface area contributed by atoms with Crippen LogP contribution in [0.2, 0.25) is 5.02 Å². The van der Waals surface area contributed by atoms with Gasteiger partial charge in [0.25, 0.3) is 10.0 Å². The third-order valence-electron chi connectivity index (χ3n) is 3.53. The molecule has 0 unspecified atom stereocenters. The van der Waals surface area contributed by atoms with E-state index in [-0.39, 0.29) is 17.3 Å². The Balaban J connectivity index is 1.77. The fraction of sp³-hybridized carbons (Fsp3) is 0.125. The number of benzene rings is 2. The van der Waals surface area contributed by atoms with Gasteiger partial charge in [0, 0.05) is 5.69 Å². The molecule has 0 fully saturated rings. The number of ether oxygens (including phenoxy) is 1. The van der Waals surface area contributed by atoms with Gasteiger partial charge >= 0.3 is 0 Å². The van der Waals surface area contributed by atoms with E-state index in [0.29, 0.717) is 22.1 Å². The van der Waals surface area contributed by atoms with E-state index >= 15 is 0 Å². The summed E-state index contributed by atoms with van der Waals surface area (Å²) in [6, 6.07) is 11.2. The van der Waals surface area contributed by atoms with E-state index in [1.54, 1.807) is 36.4 Å². The summed E-state index contributed by atoms with van der Waals surface area (Å²) >= 11 is 6.03. The van der Waals surface area contributed by atoms with Crippen LogP contribution in [0.25, 0.3) is 0 Å². The minimum Gasteiger partial charge on any atom is -0.495 e. The Morgan fingerprint density at radius 2 is 2.04 bits per heavy atom. The first kappa shape index (κ1) is 17.2. The van der Waals surface area contributed by atoms with Gasteiger partial charge in [-0.2, -0.15) is 8.42 Å². The summed E-state index contributed by atoms with van der Waals surface area (Å²) in [5.41, 5.74) is 0.908.